The first-order valence-corrected chi connectivity index (χ1v) is 8.91. The van der Waals surface area contributed by atoms with Crippen molar-refractivity contribution in [3.05, 3.63) is 48.0 Å². The minimum atomic E-state index is -0.272. The number of pyridine rings is 1. The SMILES string of the molecule is Cc1cc(-c2c(-c3ccc(F)cc3)nn3c2OC[C@@H](C)C3)c2cn[nH]c2n1. The van der Waals surface area contributed by atoms with E-state index in [4.69, 9.17) is 9.84 Å². The van der Waals surface area contributed by atoms with Gasteiger partial charge in [-0.25, -0.2) is 14.1 Å². The van der Waals surface area contributed by atoms with Crippen LogP contribution >= 0.6 is 0 Å². The molecule has 1 aliphatic heterocycles. The number of aryl methyl sites for hydroxylation is 1. The van der Waals surface area contributed by atoms with Crippen LogP contribution in [-0.4, -0.2) is 31.6 Å². The highest BCUT2D eigenvalue weighted by atomic mass is 19.1. The van der Waals surface area contributed by atoms with Gasteiger partial charge >= 0.3 is 0 Å². The predicted octanol–water partition coefficient (Wildman–Crippen LogP) is 3.96. The smallest absolute Gasteiger partial charge is 0.220 e. The van der Waals surface area contributed by atoms with E-state index in [1.54, 1.807) is 18.3 Å². The van der Waals surface area contributed by atoms with Gasteiger partial charge in [0.25, 0.3) is 0 Å². The maximum Gasteiger partial charge on any atom is 0.220 e. The first-order valence-electron chi connectivity index (χ1n) is 8.91. The van der Waals surface area contributed by atoms with Gasteiger partial charge in [0.05, 0.1) is 24.9 Å². The minimum Gasteiger partial charge on any atom is -0.477 e. The summed E-state index contributed by atoms with van der Waals surface area (Å²) in [5.41, 5.74) is 5.06. The van der Waals surface area contributed by atoms with Gasteiger partial charge in [0, 0.05) is 28.1 Å². The molecule has 1 N–H and O–H groups in total. The van der Waals surface area contributed by atoms with E-state index in [2.05, 4.69) is 22.1 Å². The quantitative estimate of drug-likeness (QED) is 0.585. The Balaban J connectivity index is 1.82. The summed E-state index contributed by atoms with van der Waals surface area (Å²) < 4.78 is 21.4. The van der Waals surface area contributed by atoms with E-state index in [-0.39, 0.29) is 5.82 Å². The van der Waals surface area contributed by atoms with Crippen molar-refractivity contribution in [3.8, 4) is 28.3 Å². The van der Waals surface area contributed by atoms with Crippen molar-refractivity contribution in [2.75, 3.05) is 6.61 Å². The van der Waals surface area contributed by atoms with Crippen molar-refractivity contribution in [3.63, 3.8) is 0 Å². The fourth-order valence-corrected chi connectivity index (χ4v) is 3.60. The number of hydrogen-bond donors (Lipinski definition) is 1. The number of nitrogens with one attached hydrogen (secondary N) is 1. The van der Waals surface area contributed by atoms with Gasteiger partial charge in [0.1, 0.15) is 11.5 Å². The normalized spacial score (nSPS) is 16.3. The Hall–Kier alpha value is -3.22. The Morgan fingerprint density at radius 1 is 1.26 bits per heavy atom. The highest BCUT2D eigenvalue weighted by Crippen LogP contribution is 2.43. The Bertz CT molecular complexity index is 1150. The molecule has 0 aliphatic carbocycles. The summed E-state index contributed by atoms with van der Waals surface area (Å²) in [7, 11) is 0. The number of fused-ring (bicyclic) bond motifs is 2. The summed E-state index contributed by atoms with van der Waals surface area (Å²) >= 11 is 0. The van der Waals surface area contributed by atoms with Crippen LogP contribution < -0.4 is 4.74 Å². The summed E-state index contributed by atoms with van der Waals surface area (Å²) in [6.07, 6.45) is 1.76. The van der Waals surface area contributed by atoms with Gasteiger partial charge in [0.2, 0.25) is 5.88 Å². The number of H-pyrrole nitrogens is 1. The number of hydrogen-bond acceptors (Lipinski definition) is 4. The van der Waals surface area contributed by atoms with Gasteiger partial charge < -0.3 is 4.74 Å². The zero-order valence-corrected chi connectivity index (χ0v) is 15.0. The zero-order chi connectivity index (χ0) is 18.5. The molecule has 1 atom stereocenters. The molecule has 0 amide bonds. The van der Waals surface area contributed by atoms with Crippen LogP contribution in [-0.2, 0) is 6.54 Å². The van der Waals surface area contributed by atoms with Crippen molar-refractivity contribution < 1.29 is 9.13 Å². The second kappa shape index (κ2) is 5.90. The molecule has 1 aromatic carbocycles. The first-order chi connectivity index (χ1) is 13.1. The van der Waals surface area contributed by atoms with Crippen molar-refractivity contribution in [2.24, 2.45) is 5.92 Å². The lowest BCUT2D eigenvalue weighted by Gasteiger charge is -2.21. The topological polar surface area (TPSA) is 68.6 Å². The molecular weight excluding hydrogens is 345 g/mol. The standard InChI is InChI=1S/C20H18FN5O/c1-11-9-26-20(27-10-11)17(18(25-26)13-3-5-14(21)6-4-13)15-7-12(2)23-19-16(15)8-22-24-19/h3-8,11H,9-10H2,1-2H3,(H,22,23,24)/t11-/m0/s1. The van der Waals surface area contributed by atoms with Crippen molar-refractivity contribution >= 4 is 11.0 Å². The Kier molecular flexibility index (Phi) is 3.50. The third-order valence-corrected chi connectivity index (χ3v) is 4.83. The van der Waals surface area contributed by atoms with Gasteiger partial charge in [0.15, 0.2) is 5.65 Å². The highest BCUT2D eigenvalue weighted by molar-refractivity contribution is 5.98. The molecule has 0 fully saturated rings. The van der Waals surface area contributed by atoms with E-state index < -0.39 is 0 Å². The number of aromatic nitrogens is 5. The lowest BCUT2D eigenvalue weighted by atomic mass is 9.99. The lowest BCUT2D eigenvalue weighted by Crippen LogP contribution is -2.23. The fourth-order valence-electron chi connectivity index (χ4n) is 3.60. The van der Waals surface area contributed by atoms with Gasteiger partial charge in [-0.15, -0.1) is 0 Å². The van der Waals surface area contributed by atoms with E-state index in [9.17, 15) is 4.39 Å². The molecule has 4 heterocycles. The summed E-state index contributed by atoms with van der Waals surface area (Å²) in [6.45, 7) is 5.50. The highest BCUT2D eigenvalue weighted by Gasteiger charge is 2.28. The lowest BCUT2D eigenvalue weighted by molar-refractivity contribution is 0.176. The predicted molar refractivity (Wildman–Crippen MR) is 99.9 cm³/mol. The molecular formula is C20H18FN5O. The van der Waals surface area contributed by atoms with Crippen LogP contribution in [0.15, 0.2) is 36.5 Å². The van der Waals surface area contributed by atoms with Gasteiger partial charge in [-0.3, -0.25) is 5.10 Å². The molecule has 0 unspecified atom stereocenters. The molecule has 0 saturated carbocycles. The van der Waals surface area contributed by atoms with Gasteiger partial charge in [-0.05, 0) is 37.3 Å². The fraction of sp³-hybridized carbons (Fsp3) is 0.250. The largest absolute Gasteiger partial charge is 0.477 e. The zero-order valence-electron chi connectivity index (χ0n) is 15.0. The van der Waals surface area contributed by atoms with Crippen LogP contribution in [0.5, 0.6) is 5.88 Å². The number of aromatic amines is 1. The van der Waals surface area contributed by atoms with E-state index in [1.165, 1.54) is 12.1 Å². The molecule has 27 heavy (non-hydrogen) atoms. The molecule has 6 nitrogen and oxygen atoms in total. The monoisotopic (exact) mass is 363 g/mol. The number of rotatable bonds is 2. The van der Waals surface area contributed by atoms with E-state index in [1.807, 2.05) is 17.7 Å². The maximum atomic E-state index is 13.5. The van der Waals surface area contributed by atoms with Crippen LogP contribution in [0.2, 0.25) is 0 Å². The number of benzene rings is 1. The van der Waals surface area contributed by atoms with Crippen LogP contribution in [0, 0.1) is 18.7 Å². The van der Waals surface area contributed by atoms with Gasteiger partial charge in [-0.1, -0.05) is 6.92 Å². The van der Waals surface area contributed by atoms with Crippen LogP contribution in [0.3, 0.4) is 0 Å². The number of nitrogens with zero attached hydrogens (tertiary/aromatic N) is 4. The van der Waals surface area contributed by atoms with Crippen molar-refractivity contribution in [2.45, 2.75) is 20.4 Å². The second-order valence-electron chi connectivity index (χ2n) is 7.08. The van der Waals surface area contributed by atoms with Crippen LogP contribution in [0.1, 0.15) is 12.6 Å². The van der Waals surface area contributed by atoms with Gasteiger partial charge in [-0.2, -0.15) is 10.2 Å². The van der Waals surface area contributed by atoms with Crippen LogP contribution in [0.4, 0.5) is 4.39 Å². The second-order valence-corrected chi connectivity index (χ2v) is 7.08. The third kappa shape index (κ3) is 2.58. The summed E-state index contributed by atoms with van der Waals surface area (Å²) in [5, 5.41) is 12.8. The maximum absolute atomic E-state index is 13.5. The van der Waals surface area contributed by atoms with E-state index >= 15 is 0 Å². The van der Waals surface area contributed by atoms with Crippen LogP contribution in [0.25, 0.3) is 33.4 Å². The molecule has 0 bridgehead atoms. The van der Waals surface area contributed by atoms with Crippen molar-refractivity contribution in [1.82, 2.24) is 25.0 Å². The molecule has 0 saturated heterocycles. The molecule has 5 rings (SSSR count). The third-order valence-electron chi connectivity index (χ3n) is 4.83. The Morgan fingerprint density at radius 2 is 2.07 bits per heavy atom. The Morgan fingerprint density at radius 3 is 2.89 bits per heavy atom. The molecule has 0 spiro atoms. The molecule has 4 aromatic rings. The Labute approximate surface area is 155 Å². The number of halogens is 1. The molecule has 3 aromatic heterocycles. The average Bonchev–Trinajstić information content (AvgIpc) is 3.25. The molecule has 0 radical (unpaired) electrons. The molecule has 1 aliphatic rings. The average molecular weight is 363 g/mol. The number of ether oxygens (including phenoxy) is 1. The molecule has 7 heteroatoms. The summed E-state index contributed by atoms with van der Waals surface area (Å²) in [5.74, 6) is 0.839. The minimum absolute atomic E-state index is 0.272. The summed E-state index contributed by atoms with van der Waals surface area (Å²) in [4.78, 5) is 4.51. The van der Waals surface area contributed by atoms with Crippen molar-refractivity contribution in [1.29, 1.82) is 0 Å². The van der Waals surface area contributed by atoms with E-state index in [0.29, 0.717) is 12.5 Å². The first kappa shape index (κ1) is 16.0. The summed E-state index contributed by atoms with van der Waals surface area (Å²) in [6, 6.07) is 8.41. The molecule has 136 valence electrons. The van der Waals surface area contributed by atoms with E-state index in [0.717, 1.165) is 51.5 Å².